The van der Waals surface area contributed by atoms with Gasteiger partial charge in [-0.2, -0.15) is 0 Å². The molecule has 0 unspecified atom stereocenters. The second-order valence-electron chi connectivity index (χ2n) is 5.90. The molecule has 0 radical (unpaired) electrons. The fourth-order valence-electron chi connectivity index (χ4n) is 2.53. The van der Waals surface area contributed by atoms with Crippen molar-refractivity contribution < 1.29 is 14.8 Å². The molecule has 1 aliphatic heterocycles. The molecule has 2 aromatic carbocycles. The van der Waals surface area contributed by atoms with E-state index in [2.05, 4.69) is 4.99 Å². The molecule has 0 aliphatic carbocycles. The molecule has 138 valence electrons. The lowest BCUT2D eigenvalue weighted by atomic mass is 10.1. The van der Waals surface area contributed by atoms with Crippen LogP contribution in [0.25, 0.3) is 6.08 Å². The maximum Gasteiger partial charge on any atom is 0.311 e. The fraction of sp³-hybridized carbons (Fsp3) is 0.158. The third-order valence-corrected chi connectivity index (χ3v) is 4.96. The minimum absolute atomic E-state index is 0.205. The van der Waals surface area contributed by atoms with Crippen molar-refractivity contribution in [3.63, 3.8) is 0 Å². The first-order chi connectivity index (χ1) is 12.9. The quantitative estimate of drug-likeness (QED) is 0.484. The van der Waals surface area contributed by atoms with Crippen molar-refractivity contribution in [3.8, 4) is 5.75 Å². The predicted octanol–water partition coefficient (Wildman–Crippen LogP) is 4.23. The molecule has 0 aromatic heterocycles. The topological polar surface area (TPSA) is 96.0 Å². The number of phenols is 1. The highest BCUT2D eigenvalue weighted by molar-refractivity contribution is 8.18. The van der Waals surface area contributed by atoms with E-state index in [1.165, 1.54) is 30.0 Å². The number of amidine groups is 1. The van der Waals surface area contributed by atoms with Gasteiger partial charge in [-0.25, -0.2) is 4.99 Å². The van der Waals surface area contributed by atoms with Crippen molar-refractivity contribution in [2.45, 2.75) is 13.8 Å². The number of carbonyl (C=O) groups excluding carboxylic acids is 1. The number of amides is 1. The van der Waals surface area contributed by atoms with Gasteiger partial charge < -0.3 is 5.11 Å². The molecule has 1 saturated heterocycles. The molecule has 1 heterocycles. The summed E-state index contributed by atoms with van der Waals surface area (Å²) in [5.41, 5.74) is 1.93. The van der Waals surface area contributed by atoms with Crippen molar-refractivity contribution in [3.05, 3.63) is 68.6 Å². The maximum absolute atomic E-state index is 12.7. The summed E-state index contributed by atoms with van der Waals surface area (Å²) in [6.45, 7) is 4.31. The summed E-state index contributed by atoms with van der Waals surface area (Å²) in [5.74, 6) is -0.617. The third-order valence-electron chi connectivity index (χ3n) is 3.96. The van der Waals surface area contributed by atoms with E-state index in [-0.39, 0.29) is 5.91 Å². The zero-order chi connectivity index (χ0) is 19.6. The van der Waals surface area contributed by atoms with Crippen LogP contribution in [0.4, 0.5) is 11.4 Å². The minimum Gasteiger partial charge on any atom is -0.502 e. The molecule has 1 fully saturated rings. The van der Waals surface area contributed by atoms with Gasteiger partial charge in [-0.3, -0.25) is 19.8 Å². The Bertz CT molecular complexity index is 967. The Labute approximate surface area is 160 Å². The van der Waals surface area contributed by atoms with E-state index in [1.807, 2.05) is 38.1 Å². The van der Waals surface area contributed by atoms with Crippen LogP contribution < -0.4 is 0 Å². The van der Waals surface area contributed by atoms with Crippen molar-refractivity contribution in [2.75, 3.05) is 6.54 Å². The van der Waals surface area contributed by atoms with E-state index in [0.29, 0.717) is 22.2 Å². The van der Waals surface area contributed by atoms with Crippen molar-refractivity contribution >= 4 is 40.3 Å². The highest BCUT2D eigenvalue weighted by atomic mass is 32.2. The van der Waals surface area contributed by atoms with Crippen molar-refractivity contribution in [1.82, 2.24) is 4.90 Å². The molecule has 8 heteroatoms. The Balaban J connectivity index is 1.94. The van der Waals surface area contributed by atoms with Crippen molar-refractivity contribution in [2.24, 2.45) is 4.99 Å². The molecule has 0 bridgehead atoms. The van der Waals surface area contributed by atoms with Crippen LogP contribution in [-0.2, 0) is 4.79 Å². The predicted molar refractivity (Wildman–Crippen MR) is 106 cm³/mol. The van der Waals surface area contributed by atoms with Gasteiger partial charge in [0.15, 0.2) is 10.9 Å². The van der Waals surface area contributed by atoms with Crippen LogP contribution in [0.1, 0.15) is 18.1 Å². The molecular weight excluding hydrogens is 366 g/mol. The number of aryl methyl sites for hydroxylation is 1. The summed E-state index contributed by atoms with van der Waals surface area (Å²) in [7, 11) is 0. The zero-order valence-electron chi connectivity index (χ0n) is 14.7. The lowest BCUT2D eigenvalue weighted by Crippen LogP contribution is -2.28. The van der Waals surface area contributed by atoms with E-state index >= 15 is 0 Å². The number of nitro benzene ring substituents is 1. The number of likely N-dealkylation sites (N-methyl/N-ethyl adjacent to an activating group) is 1. The minimum atomic E-state index is -0.663. The average Bonchev–Trinajstić information content (AvgIpc) is 2.93. The highest BCUT2D eigenvalue weighted by Gasteiger charge is 2.32. The standard InChI is InChI=1S/C19H17N3O4S/c1-3-21-18(24)17(11-13-6-9-16(23)15(10-13)22(25)26)27-19(21)20-14-7-4-12(2)5-8-14/h4-11,23H,3H2,1-2H3/b17-11+,20-19?. The Morgan fingerprint density at radius 2 is 1.96 bits per heavy atom. The Morgan fingerprint density at radius 1 is 1.26 bits per heavy atom. The molecule has 3 rings (SSSR count). The molecule has 0 spiro atoms. The Hall–Kier alpha value is -3.13. The number of rotatable bonds is 4. The SMILES string of the molecule is CCN1C(=O)/C(=C\c2ccc(O)c([N+](=O)[O-])c2)SC1=Nc1ccc(C)cc1. The van der Waals surface area contributed by atoms with Crippen LogP contribution in [0.15, 0.2) is 52.4 Å². The summed E-state index contributed by atoms with van der Waals surface area (Å²) >= 11 is 1.22. The number of benzene rings is 2. The average molecular weight is 383 g/mol. The first-order valence-electron chi connectivity index (χ1n) is 8.23. The number of aliphatic imine (C=N–C) groups is 1. The van der Waals surface area contributed by atoms with Crippen LogP contribution in [0, 0.1) is 17.0 Å². The van der Waals surface area contributed by atoms with Gasteiger partial charge in [0.1, 0.15) is 0 Å². The van der Waals surface area contributed by atoms with E-state index in [1.54, 1.807) is 11.0 Å². The summed E-state index contributed by atoms with van der Waals surface area (Å²) < 4.78 is 0. The van der Waals surface area contributed by atoms with E-state index in [9.17, 15) is 20.0 Å². The monoisotopic (exact) mass is 383 g/mol. The summed E-state index contributed by atoms with van der Waals surface area (Å²) in [5, 5.41) is 21.1. The number of hydrogen-bond acceptors (Lipinski definition) is 6. The lowest BCUT2D eigenvalue weighted by Gasteiger charge is -2.12. The van der Waals surface area contributed by atoms with Gasteiger partial charge >= 0.3 is 5.69 Å². The van der Waals surface area contributed by atoms with Gasteiger partial charge in [-0.15, -0.1) is 0 Å². The van der Waals surface area contributed by atoms with Gasteiger partial charge in [0.25, 0.3) is 5.91 Å². The van der Waals surface area contributed by atoms with Gasteiger partial charge in [0.2, 0.25) is 0 Å². The number of phenolic OH excluding ortho intramolecular Hbond substituents is 1. The largest absolute Gasteiger partial charge is 0.502 e. The molecule has 1 amide bonds. The Kier molecular flexibility index (Phi) is 5.27. The van der Waals surface area contributed by atoms with Gasteiger partial charge in [-0.1, -0.05) is 23.8 Å². The van der Waals surface area contributed by atoms with Gasteiger partial charge in [0.05, 0.1) is 15.5 Å². The first kappa shape index (κ1) is 18.7. The maximum atomic E-state index is 12.7. The number of nitrogens with zero attached hydrogens (tertiary/aromatic N) is 3. The number of aromatic hydroxyl groups is 1. The lowest BCUT2D eigenvalue weighted by molar-refractivity contribution is -0.385. The van der Waals surface area contributed by atoms with Crippen LogP contribution >= 0.6 is 11.8 Å². The first-order valence-corrected chi connectivity index (χ1v) is 9.05. The molecule has 7 nitrogen and oxygen atoms in total. The van der Waals surface area contributed by atoms with Crippen LogP contribution in [-0.4, -0.2) is 32.5 Å². The zero-order valence-corrected chi connectivity index (χ0v) is 15.6. The van der Waals surface area contributed by atoms with Gasteiger partial charge in [0, 0.05) is 12.6 Å². The van der Waals surface area contributed by atoms with E-state index in [4.69, 9.17) is 0 Å². The number of thioether (sulfide) groups is 1. The molecular formula is C19H17N3O4S. The smallest absolute Gasteiger partial charge is 0.311 e. The van der Waals surface area contributed by atoms with E-state index < -0.39 is 16.4 Å². The number of carbonyl (C=O) groups is 1. The van der Waals surface area contributed by atoms with Crippen LogP contribution in [0.3, 0.4) is 0 Å². The van der Waals surface area contributed by atoms with Gasteiger partial charge in [-0.05, 0) is 55.4 Å². The third kappa shape index (κ3) is 4.01. The fourth-order valence-corrected chi connectivity index (χ4v) is 3.59. The second-order valence-corrected chi connectivity index (χ2v) is 6.90. The molecule has 1 aliphatic rings. The Morgan fingerprint density at radius 3 is 2.59 bits per heavy atom. The molecule has 1 N–H and O–H groups in total. The molecule has 2 aromatic rings. The van der Waals surface area contributed by atoms with Crippen molar-refractivity contribution in [1.29, 1.82) is 0 Å². The normalized spacial score (nSPS) is 17.1. The summed E-state index contributed by atoms with van der Waals surface area (Å²) in [6, 6.07) is 11.7. The molecule has 27 heavy (non-hydrogen) atoms. The number of nitro groups is 1. The van der Waals surface area contributed by atoms with E-state index in [0.717, 1.165) is 11.3 Å². The van der Waals surface area contributed by atoms with Crippen LogP contribution in [0.5, 0.6) is 5.75 Å². The molecule has 0 atom stereocenters. The summed E-state index contributed by atoms with van der Waals surface area (Å²) in [4.78, 5) is 29.5. The van der Waals surface area contributed by atoms with Crippen LogP contribution in [0.2, 0.25) is 0 Å². The molecule has 0 saturated carbocycles. The number of hydrogen-bond donors (Lipinski definition) is 1. The second kappa shape index (κ2) is 7.63. The highest BCUT2D eigenvalue weighted by Crippen LogP contribution is 2.35. The summed E-state index contributed by atoms with van der Waals surface area (Å²) in [6.07, 6.45) is 1.57.